The Morgan fingerprint density at radius 3 is 3.00 bits per heavy atom. The molecule has 0 saturated carbocycles. The van der Waals surface area contributed by atoms with Gasteiger partial charge in [0.2, 0.25) is 5.91 Å². The van der Waals surface area contributed by atoms with Crippen LogP contribution in [0.25, 0.3) is 10.9 Å². The summed E-state index contributed by atoms with van der Waals surface area (Å²) in [5.41, 5.74) is 1.37. The van der Waals surface area contributed by atoms with Gasteiger partial charge in [0.15, 0.2) is 0 Å². The number of hydrogen-bond donors (Lipinski definition) is 2. The standard InChI is InChI=1S/C16H19N3O/c1-2-16(8-10-17-11-16)15(20)19-13-7-3-5-12-6-4-9-18-14(12)13/h3-7,9,17H,2,8,10-11H2,1H3,(H,19,20). The molecule has 1 unspecified atom stereocenters. The van der Waals surface area contributed by atoms with E-state index in [4.69, 9.17) is 0 Å². The van der Waals surface area contributed by atoms with E-state index >= 15 is 0 Å². The normalized spacial score (nSPS) is 22.1. The van der Waals surface area contributed by atoms with E-state index < -0.39 is 0 Å². The van der Waals surface area contributed by atoms with Crippen LogP contribution < -0.4 is 10.6 Å². The van der Waals surface area contributed by atoms with E-state index in [1.165, 1.54) is 0 Å². The van der Waals surface area contributed by atoms with Crippen LogP contribution in [-0.4, -0.2) is 24.0 Å². The first-order chi connectivity index (χ1) is 9.75. The molecule has 2 heterocycles. The minimum absolute atomic E-state index is 0.100. The molecule has 1 atom stereocenters. The molecule has 1 fully saturated rings. The van der Waals surface area contributed by atoms with Gasteiger partial charge in [-0.15, -0.1) is 0 Å². The highest BCUT2D eigenvalue weighted by atomic mass is 16.2. The molecule has 1 aliphatic heterocycles. The Hall–Kier alpha value is -1.94. The molecule has 1 aromatic carbocycles. The second kappa shape index (κ2) is 5.21. The lowest BCUT2D eigenvalue weighted by atomic mass is 9.83. The van der Waals surface area contributed by atoms with Crippen LogP contribution >= 0.6 is 0 Å². The minimum Gasteiger partial charge on any atom is -0.324 e. The van der Waals surface area contributed by atoms with Crippen LogP contribution in [0.2, 0.25) is 0 Å². The number of rotatable bonds is 3. The molecular formula is C16H19N3O. The first kappa shape index (κ1) is 13.1. The van der Waals surface area contributed by atoms with Crippen LogP contribution in [0.5, 0.6) is 0 Å². The molecule has 20 heavy (non-hydrogen) atoms. The first-order valence-electron chi connectivity index (χ1n) is 7.11. The highest BCUT2D eigenvalue weighted by Crippen LogP contribution is 2.32. The van der Waals surface area contributed by atoms with Gasteiger partial charge in [-0.25, -0.2) is 0 Å². The van der Waals surface area contributed by atoms with Crippen LogP contribution in [0.3, 0.4) is 0 Å². The first-order valence-corrected chi connectivity index (χ1v) is 7.11. The Labute approximate surface area is 118 Å². The number of carbonyl (C=O) groups is 1. The lowest BCUT2D eigenvalue weighted by molar-refractivity contribution is -0.124. The number of para-hydroxylation sites is 1. The number of carbonyl (C=O) groups excluding carboxylic acids is 1. The lowest BCUT2D eigenvalue weighted by Gasteiger charge is -2.25. The molecule has 2 aromatic rings. The van der Waals surface area contributed by atoms with Crippen molar-refractivity contribution < 1.29 is 4.79 Å². The molecule has 3 rings (SSSR count). The van der Waals surface area contributed by atoms with Crippen molar-refractivity contribution in [3.63, 3.8) is 0 Å². The fraction of sp³-hybridized carbons (Fsp3) is 0.375. The Morgan fingerprint density at radius 1 is 1.40 bits per heavy atom. The predicted molar refractivity (Wildman–Crippen MR) is 80.6 cm³/mol. The summed E-state index contributed by atoms with van der Waals surface area (Å²) in [6.45, 7) is 3.75. The number of aromatic nitrogens is 1. The third-order valence-electron chi connectivity index (χ3n) is 4.28. The molecule has 1 saturated heterocycles. The average Bonchev–Trinajstić information content (AvgIpc) is 2.98. The van der Waals surface area contributed by atoms with Crippen molar-refractivity contribution in [2.75, 3.05) is 18.4 Å². The Bertz CT molecular complexity index is 627. The van der Waals surface area contributed by atoms with Crippen molar-refractivity contribution in [3.8, 4) is 0 Å². The molecule has 4 nitrogen and oxygen atoms in total. The van der Waals surface area contributed by atoms with E-state index in [9.17, 15) is 4.79 Å². The molecule has 4 heteroatoms. The minimum atomic E-state index is -0.281. The van der Waals surface area contributed by atoms with E-state index in [0.717, 1.165) is 42.5 Å². The maximum absolute atomic E-state index is 12.6. The van der Waals surface area contributed by atoms with Crippen LogP contribution in [0.1, 0.15) is 19.8 Å². The zero-order chi connectivity index (χ0) is 14.0. The van der Waals surface area contributed by atoms with Gasteiger partial charge in [0.05, 0.1) is 16.6 Å². The fourth-order valence-corrected chi connectivity index (χ4v) is 2.86. The van der Waals surface area contributed by atoms with Gasteiger partial charge in [-0.3, -0.25) is 9.78 Å². The molecule has 1 aliphatic rings. The quantitative estimate of drug-likeness (QED) is 0.900. The Kier molecular flexibility index (Phi) is 3.40. The van der Waals surface area contributed by atoms with Crippen LogP contribution in [0.4, 0.5) is 5.69 Å². The fourth-order valence-electron chi connectivity index (χ4n) is 2.86. The summed E-state index contributed by atoms with van der Waals surface area (Å²) in [6, 6.07) is 9.78. The molecule has 1 aromatic heterocycles. The highest BCUT2D eigenvalue weighted by Gasteiger charge is 2.39. The molecule has 0 aliphatic carbocycles. The molecule has 0 radical (unpaired) electrons. The Balaban J connectivity index is 1.91. The summed E-state index contributed by atoms with van der Waals surface area (Å²) in [5, 5.41) is 7.41. The molecule has 1 amide bonds. The number of fused-ring (bicyclic) bond motifs is 1. The molecule has 0 bridgehead atoms. The van der Waals surface area contributed by atoms with Gasteiger partial charge >= 0.3 is 0 Å². The summed E-state index contributed by atoms with van der Waals surface area (Å²) in [7, 11) is 0. The highest BCUT2D eigenvalue weighted by molar-refractivity contribution is 6.02. The molecule has 0 spiro atoms. The SMILES string of the molecule is CCC1(C(=O)Nc2cccc3cccnc23)CCNC1. The maximum Gasteiger partial charge on any atom is 0.231 e. The van der Waals surface area contributed by atoms with Gasteiger partial charge in [-0.05, 0) is 31.5 Å². The van der Waals surface area contributed by atoms with Gasteiger partial charge in [-0.2, -0.15) is 0 Å². The summed E-state index contributed by atoms with van der Waals surface area (Å²) < 4.78 is 0. The number of anilines is 1. The predicted octanol–water partition coefficient (Wildman–Crippen LogP) is 2.56. The van der Waals surface area contributed by atoms with E-state index in [0.29, 0.717) is 0 Å². The number of amides is 1. The van der Waals surface area contributed by atoms with Gasteiger partial charge in [0, 0.05) is 18.1 Å². The molecular weight excluding hydrogens is 250 g/mol. The van der Waals surface area contributed by atoms with Crippen molar-refractivity contribution in [2.45, 2.75) is 19.8 Å². The van der Waals surface area contributed by atoms with E-state index in [1.54, 1.807) is 6.20 Å². The van der Waals surface area contributed by atoms with Crippen LogP contribution in [-0.2, 0) is 4.79 Å². The van der Waals surface area contributed by atoms with Crippen molar-refractivity contribution in [3.05, 3.63) is 36.5 Å². The second-order valence-corrected chi connectivity index (χ2v) is 5.40. The van der Waals surface area contributed by atoms with E-state index in [2.05, 4.69) is 22.5 Å². The number of nitrogens with one attached hydrogen (secondary N) is 2. The summed E-state index contributed by atoms with van der Waals surface area (Å²) in [5.74, 6) is 0.100. The summed E-state index contributed by atoms with van der Waals surface area (Å²) >= 11 is 0. The van der Waals surface area contributed by atoms with Crippen LogP contribution in [0, 0.1) is 5.41 Å². The zero-order valence-corrected chi connectivity index (χ0v) is 11.6. The van der Waals surface area contributed by atoms with Gasteiger partial charge < -0.3 is 10.6 Å². The summed E-state index contributed by atoms with van der Waals surface area (Å²) in [4.78, 5) is 17.0. The largest absolute Gasteiger partial charge is 0.324 e. The number of hydrogen-bond acceptors (Lipinski definition) is 3. The van der Waals surface area contributed by atoms with Crippen molar-refractivity contribution in [2.24, 2.45) is 5.41 Å². The second-order valence-electron chi connectivity index (χ2n) is 5.40. The third-order valence-corrected chi connectivity index (χ3v) is 4.28. The smallest absolute Gasteiger partial charge is 0.231 e. The average molecular weight is 269 g/mol. The van der Waals surface area contributed by atoms with E-state index in [-0.39, 0.29) is 11.3 Å². The lowest BCUT2D eigenvalue weighted by Crippen LogP contribution is -2.37. The zero-order valence-electron chi connectivity index (χ0n) is 11.6. The molecule has 2 N–H and O–H groups in total. The maximum atomic E-state index is 12.6. The number of benzene rings is 1. The number of pyridine rings is 1. The molecule has 104 valence electrons. The van der Waals surface area contributed by atoms with Crippen LogP contribution in [0.15, 0.2) is 36.5 Å². The van der Waals surface area contributed by atoms with Crippen molar-refractivity contribution in [1.82, 2.24) is 10.3 Å². The third kappa shape index (κ3) is 2.16. The summed E-state index contributed by atoms with van der Waals surface area (Å²) in [6.07, 6.45) is 3.50. The monoisotopic (exact) mass is 269 g/mol. The van der Waals surface area contributed by atoms with Crippen molar-refractivity contribution >= 4 is 22.5 Å². The topological polar surface area (TPSA) is 54.0 Å². The van der Waals surface area contributed by atoms with Gasteiger partial charge in [0.1, 0.15) is 0 Å². The van der Waals surface area contributed by atoms with Gasteiger partial charge in [0.25, 0.3) is 0 Å². The van der Waals surface area contributed by atoms with Crippen molar-refractivity contribution in [1.29, 1.82) is 0 Å². The Morgan fingerprint density at radius 2 is 2.25 bits per heavy atom. The van der Waals surface area contributed by atoms with E-state index in [1.807, 2.05) is 30.3 Å². The van der Waals surface area contributed by atoms with Gasteiger partial charge in [-0.1, -0.05) is 25.1 Å². The number of nitrogens with zero attached hydrogens (tertiary/aromatic N) is 1.